The summed E-state index contributed by atoms with van der Waals surface area (Å²) >= 11 is 7.40. The number of rotatable bonds is 5. The molecule has 0 aliphatic carbocycles. The minimum atomic E-state index is 0. The average molecular weight is 441 g/mol. The third-order valence-electron chi connectivity index (χ3n) is 5.22. The van der Waals surface area contributed by atoms with Crippen molar-refractivity contribution in [1.29, 1.82) is 10.5 Å². The third-order valence-corrected chi connectivity index (χ3v) is 5.22. The second kappa shape index (κ2) is 16.9. The van der Waals surface area contributed by atoms with E-state index in [1.165, 1.54) is 93.6 Å². The van der Waals surface area contributed by atoms with Crippen molar-refractivity contribution in [3.05, 3.63) is 0 Å². The second-order valence-corrected chi connectivity index (χ2v) is 6.99. The first kappa shape index (κ1) is 28.0. The number of hydrogen-bond acceptors (Lipinski definition) is 7. The quantitative estimate of drug-likeness (QED) is 0.275. The molecule has 1 spiro atoms. The summed E-state index contributed by atoms with van der Waals surface area (Å²) in [6, 6.07) is 0. The molecule has 0 N–H and O–H groups in total. The summed E-state index contributed by atoms with van der Waals surface area (Å²) in [7, 11) is 4.54. The maximum atomic E-state index is 7.13. The van der Waals surface area contributed by atoms with Crippen LogP contribution in [-0.4, -0.2) is 92.4 Å². The molecule has 1 atom stereocenters. The van der Waals surface area contributed by atoms with Crippen LogP contribution in [0, 0.1) is 21.3 Å². The molecule has 2 aliphatic rings. The van der Waals surface area contributed by atoms with Gasteiger partial charge >= 0.3 is 0 Å². The van der Waals surface area contributed by atoms with E-state index in [1.54, 1.807) is 0 Å². The zero-order valence-electron chi connectivity index (χ0n) is 16.4. The molecule has 2 aliphatic heterocycles. The molecule has 1 radical (unpaired) electrons. The van der Waals surface area contributed by atoms with Gasteiger partial charge in [-0.2, -0.15) is 5.01 Å². The SMILES string of the molecule is CCN(C)CCCN1CCC[N+]2(CCCN2C)CC1.N#C[S-].N#C[S-].[Mn]. The first-order chi connectivity index (χ1) is 12.0. The van der Waals surface area contributed by atoms with E-state index in [0.29, 0.717) is 0 Å². The minimum absolute atomic E-state index is 0. The van der Waals surface area contributed by atoms with Crippen molar-refractivity contribution in [2.24, 2.45) is 0 Å². The predicted octanol–water partition coefficient (Wildman–Crippen LogP) is 1.13. The third kappa shape index (κ3) is 10.8. The number of thiocyanates is 2. The Balaban J connectivity index is 0. The van der Waals surface area contributed by atoms with Crippen LogP contribution in [0.4, 0.5) is 0 Å². The van der Waals surface area contributed by atoms with E-state index in [2.05, 4.69) is 61.1 Å². The number of quaternary nitrogens is 1. The minimum Gasteiger partial charge on any atom is -0.696 e. The molecular formula is C17H33MnN6S2-. The molecule has 2 rings (SSSR count). The monoisotopic (exact) mass is 440 g/mol. The van der Waals surface area contributed by atoms with Gasteiger partial charge in [-0.15, -0.1) is 0 Å². The van der Waals surface area contributed by atoms with Gasteiger partial charge in [0, 0.05) is 50.0 Å². The Bertz CT molecular complexity index is 416. The van der Waals surface area contributed by atoms with Gasteiger partial charge in [0.15, 0.2) is 0 Å². The van der Waals surface area contributed by atoms with Crippen LogP contribution < -0.4 is 0 Å². The molecule has 0 amide bonds. The summed E-state index contributed by atoms with van der Waals surface area (Å²) < 4.78 is 1.27. The van der Waals surface area contributed by atoms with Gasteiger partial charge in [-0.1, -0.05) is 17.7 Å². The van der Waals surface area contributed by atoms with Crippen LogP contribution in [0.1, 0.15) is 26.2 Å². The molecule has 0 bridgehead atoms. The largest absolute Gasteiger partial charge is 0.696 e. The Labute approximate surface area is 181 Å². The van der Waals surface area contributed by atoms with Crippen LogP contribution in [0.3, 0.4) is 0 Å². The van der Waals surface area contributed by atoms with Crippen LogP contribution >= 0.6 is 0 Å². The van der Waals surface area contributed by atoms with Crippen molar-refractivity contribution in [1.82, 2.24) is 14.8 Å². The van der Waals surface area contributed by atoms with Crippen LogP contribution in [0.25, 0.3) is 0 Å². The Hall–Kier alpha value is -0.221. The molecule has 0 saturated carbocycles. The van der Waals surface area contributed by atoms with Gasteiger partial charge in [0.1, 0.15) is 6.54 Å². The Morgan fingerprint density at radius 1 is 1.04 bits per heavy atom. The maximum Gasteiger partial charge on any atom is 0.109 e. The topological polar surface area (TPSA) is 57.3 Å². The molecule has 0 aromatic rings. The van der Waals surface area contributed by atoms with E-state index in [0.717, 1.165) is 0 Å². The smallest absolute Gasteiger partial charge is 0.109 e. The van der Waals surface area contributed by atoms with E-state index in [1.807, 2.05) is 0 Å². The second-order valence-electron chi connectivity index (χ2n) is 6.63. The van der Waals surface area contributed by atoms with Crippen molar-refractivity contribution in [3.8, 4) is 10.8 Å². The molecule has 9 heteroatoms. The molecule has 0 aromatic heterocycles. The molecule has 2 heterocycles. The van der Waals surface area contributed by atoms with Gasteiger partial charge in [-0.3, -0.25) is 4.90 Å². The number of nitriles is 2. The fourth-order valence-corrected chi connectivity index (χ4v) is 3.63. The Kier molecular flexibility index (Phi) is 18.2. The summed E-state index contributed by atoms with van der Waals surface area (Å²) in [4.78, 5) is 5.11. The molecular weight excluding hydrogens is 407 g/mol. The summed E-state index contributed by atoms with van der Waals surface area (Å²) in [5, 5.41) is 19.5. The van der Waals surface area contributed by atoms with Crippen molar-refractivity contribution >= 4 is 25.3 Å². The van der Waals surface area contributed by atoms with Gasteiger partial charge in [0.2, 0.25) is 0 Å². The van der Waals surface area contributed by atoms with Crippen molar-refractivity contribution in [2.75, 3.05) is 73.0 Å². The van der Waals surface area contributed by atoms with Crippen molar-refractivity contribution < 1.29 is 21.7 Å². The Morgan fingerprint density at radius 3 is 2.04 bits per heavy atom. The van der Waals surface area contributed by atoms with Gasteiger partial charge in [-0.25, -0.2) is 15.1 Å². The summed E-state index contributed by atoms with van der Waals surface area (Å²) in [5.74, 6) is 0. The standard InChI is InChI=1S/C15H33N4.2CHNS.Mn/c1-4-16(2)8-5-10-18-11-7-14-19(15-12-18)13-6-9-17(19)3;2*2-1-3;/h4-15H2,1-3H3;2*3H;/q+1;;;/p-2. The fraction of sp³-hybridized carbons (Fsp3) is 0.882. The maximum absolute atomic E-state index is 7.13. The van der Waals surface area contributed by atoms with Crippen LogP contribution in [-0.2, 0) is 42.3 Å². The van der Waals surface area contributed by atoms with Gasteiger partial charge in [-0.05, 0) is 33.1 Å². The van der Waals surface area contributed by atoms with E-state index >= 15 is 0 Å². The van der Waals surface area contributed by atoms with Crippen LogP contribution in [0.15, 0.2) is 0 Å². The molecule has 26 heavy (non-hydrogen) atoms. The molecule has 2 fully saturated rings. The predicted molar refractivity (Wildman–Crippen MR) is 107 cm³/mol. The average Bonchev–Trinajstić information content (AvgIpc) is 2.81. The van der Waals surface area contributed by atoms with E-state index in [9.17, 15) is 0 Å². The van der Waals surface area contributed by atoms with Gasteiger partial charge in [0.05, 0.1) is 19.6 Å². The summed E-state index contributed by atoms with van der Waals surface area (Å²) in [5.41, 5.74) is 0. The molecule has 151 valence electrons. The summed E-state index contributed by atoms with van der Waals surface area (Å²) in [6.45, 7) is 13.9. The first-order valence-corrected chi connectivity index (χ1v) is 9.82. The van der Waals surface area contributed by atoms with E-state index in [4.69, 9.17) is 10.5 Å². The van der Waals surface area contributed by atoms with Crippen molar-refractivity contribution in [3.63, 3.8) is 0 Å². The zero-order chi connectivity index (χ0) is 19.1. The fourth-order valence-electron chi connectivity index (χ4n) is 3.63. The summed E-state index contributed by atoms with van der Waals surface area (Å²) in [6.07, 6.45) is 4.08. The van der Waals surface area contributed by atoms with Gasteiger partial charge in [0.25, 0.3) is 0 Å². The molecule has 0 aromatic carbocycles. The number of hydrogen-bond donors (Lipinski definition) is 0. The van der Waals surface area contributed by atoms with Crippen LogP contribution in [0.2, 0.25) is 0 Å². The van der Waals surface area contributed by atoms with E-state index < -0.39 is 0 Å². The normalized spacial score (nSPS) is 22.7. The van der Waals surface area contributed by atoms with Crippen molar-refractivity contribution in [2.45, 2.75) is 26.2 Å². The van der Waals surface area contributed by atoms with Crippen LogP contribution in [0.5, 0.6) is 0 Å². The molecule has 6 nitrogen and oxygen atoms in total. The first-order valence-electron chi connectivity index (χ1n) is 9.00. The van der Waals surface area contributed by atoms with Gasteiger partial charge < -0.3 is 30.2 Å². The molecule has 1 unspecified atom stereocenters. The van der Waals surface area contributed by atoms with E-state index in [-0.39, 0.29) is 17.1 Å². The molecule has 2 saturated heterocycles. The zero-order valence-corrected chi connectivity index (χ0v) is 19.2. The Morgan fingerprint density at radius 2 is 1.58 bits per heavy atom. The number of nitrogens with zero attached hydrogens (tertiary/aromatic N) is 6.